The highest BCUT2D eigenvalue weighted by atomic mass is 16.2. The number of benzene rings is 1. The Bertz CT molecular complexity index is 4530. The van der Waals surface area contributed by atoms with Gasteiger partial charge in [-0.2, -0.15) is 0 Å². The monoisotopic (exact) mass is 1280 g/mol. The Morgan fingerprint density at radius 3 is 1.10 bits per heavy atom. The lowest BCUT2D eigenvalue weighted by molar-refractivity contribution is -0.117. The first kappa shape index (κ1) is 64.4. The fraction of sp³-hybridized carbons (Fsp3) is 0.233. The predicted molar refractivity (Wildman–Crippen MR) is 341 cm³/mol. The van der Waals surface area contributed by atoms with Crippen LogP contribution in [0.5, 0.6) is 0 Å². The van der Waals surface area contributed by atoms with E-state index in [0.29, 0.717) is 0 Å². The summed E-state index contributed by atoms with van der Waals surface area (Å²) in [7, 11) is 12.5. The minimum atomic E-state index is -1.000. The Morgan fingerprint density at radius 2 is 0.713 bits per heavy atom. The number of nitrogens with two attached hydrogens (primary N) is 1. The van der Waals surface area contributed by atoms with Crippen LogP contribution in [0.3, 0.4) is 0 Å². The summed E-state index contributed by atoms with van der Waals surface area (Å²) in [5, 5.41) is 29.8. The molecule has 1 aromatic carbocycles. The summed E-state index contributed by atoms with van der Waals surface area (Å²) in [4.78, 5) is 162. The summed E-state index contributed by atoms with van der Waals surface area (Å²) in [6.45, 7) is -0.378. The number of hydrogen-bond donors (Lipinski definition) is 12. The number of nitrogens with zero attached hydrogens (tertiary/aromatic N) is 11. The maximum absolute atomic E-state index is 13.8. The number of anilines is 8. The van der Waals surface area contributed by atoms with Crippen LogP contribution >= 0.6 is 0 Å². The van der Waals surface area contributed by atoms with Crippen molar-refractivity contribution in [2.45, 2.75) is 24.9 Å². The lowest BCUT2D eigenvalue weighted by atomic mass is 10.1. The topological polar surface area (TPSA) is 424 Å². The Morgan fingerprint density at radius 1 is 0.394 bits per heavy atom. The number of rotatable bonds is 2. The number of amides is 11. The molecule has 1 aliphatic heterocycles. The van der Waals surface area contributed by atoms with Crippen LogP contribution in [0.15, 0.2) is 110 Å². The first-order chi connectivity index (χ1) is 44.7. The fourth-order valence-corrected chi connectivity index (χ4v) is 10.2. The largest absolute Gasteiger partial charge is 0.349 e. The van der Waals surface area contributed by atoms with E-state index in [1.165, 1.54) is 138 Å². The average molecular weight is 1280 g/mol. The lowest BCUT2D eigenvalue weighted by Gasteiger charge is -2.19. The van der Waals surface area contributed by atoms with Gasteiger partial charge in [-0.05, 0) is 42.5 Å². The van der Waals surface area contributed by atoms with Crippen LogP contribution in [0.4, 0.5) is 45.9 Å². The summed E-state index contributed by atoms with van der Waals surface area (Å²) in [6, 6.07) is 13.5. The Kier molecular flexibility index (Phi) is 18.4. The van der Waals surface area contributed by atoms with Crippen LogP contribution in [0.25, 0.3) is 0 Å². The van der Waals surface area contributed by atoms with Gasteiger partial charge in [0.05, 0.1) is 34.5 Å². The molecule has 1 aliphatic rings. The van der Waals surface area contributed by atoms with Gasteiger partial charge in [-0.1, -0.05) is 18.2 Å². The molecule has 0 saturated heterocycles. The second-order valence-corrected chi connectivity index (χ2v) is 22.3. The molecule has 8 aromatic heterocycles. The van der Waals surface area contributed by atoms with Crippen LogP contribution in [-0.4, -0.2) is 142 Å². The Balaban J connectivity index is 0.856. The van der Waals surface area contributed by atoms with E-state index < -0.39 is 77.1 Å². The summed E-state index contributed by atoms with van der Waals surface area (Å²) in [6.07, 6.45) is 11.1. The molecular weight excluding hydrogens is 1220 g/mol. The molecule has 0 spiro atoms. The standard InChI is InChI=1S/C60H65N23O11/c1-76-23-34-15-39(76)53(87)62-21-32(61)14-47(84)70-44-28-81(6)49(72-44)58(92)68-37-18-43(80(5)26-37)57(91)67-36-17-41(78(3)25-36)55(89)66-35-16-40(77(2)24-35)54(88)63-22-33(64-52(86)31-12-10-9-11-13-31)20-48(85)71-45-29-82(7)51(73-45)60(94)75-46-30-83(8)50(74-46)59(93)69-38-19-42(56(90)65-34)79(4)27-38/h9-13,15-19,23-30,32-33H,14,20-22,61H2,1-8H3,(H,62,87)(H,63,88)(H,64,86)(H,65,90)(H,66,89)(H,67,91)(H,68,92)(H,69,93)(H,70,84)(H,71,85)(H,75,94)/t32-,33-/m1/s1. The van der Waals surface area contributed by atoms with Crippen molar-refractivity contribution in [3.8, 4) is 0 Å². The normalized spacial score (nSPS) is 16.2. The maximum Gasteiger partial charge on any atom is 0.292 e. The van der Waals surface area contributed by atoms with Crippen LogP contribution in [-0.2, 0) is 66.0 Å². The number of carbonyl (C=O) groups excluding carboxylic acids is 11. The molecule has 9 heterocycles. The lowest BCUT2D eigenvalue weighted by Crippen LogP contribution is -2.45. The van der Waals surface area contributed by atoms with Gasteiger partial charge in [-0.3, -0.25) is 52.7 Å². The van der Waals surface area contributed by atoms with Crippen molar-refractivity contribution in [2.75, 3.05) is 55.6 Å². The van der Waals surface area contributed by atoms with Gasteiger partial charge in [0, 0.05) is 143 Å². The van der Waals surface area contributed by atoms with Crippen molar-refractivity contribution < 1.29 is 52.7 Å². The molecule has 2 atom stereocenters. The molecular formula is C60H65N23O11. The zero-order chi connectivity index (χ0) is 67.4. The van der Waals surface area contributed by atoms with Gasteiger partial charge in [0.2, 0.25) is 29.3 Å². The highest BCUT2D eigenvalue weighted by Crippen LogP contribution is 2.23. The van der Waals surface area contributed by atoms with E-state index in [0.717, 1.165) is 0 Å². The molecule has 0 aliphatic carbocycles. The van der Waals surface area contributed by atoms with E-state index in [4.69, 9.17) is 5.73 Å². The van der Waals surface area contributed by atoms with Gasteiger partial charge in [0.1, 0.15) is 28.5 Å². The molecule has 34 nitrogen and oxygen atoms in total. The molecule has 0 unspecified atom stereocenters. The number of fused-ring (bicyclic) bond motifs is 16. The number of imidazole rings is 3. The third kappa shape index (κ3) is 14.8. The van der Waals surface area contributed by atoms with Crippen LogP contribution in [0, 0.1) is 0 Å². The average Bonchev–Trinajstić information content (AvgIpc) is 1.76. The smallest absolute Gasteiger partial charge is 0.292 e. The summed E-state index contributed by atoms with van der Waals surface area (Å²) in [5.74, 6) is -7.24. The minimum Gasteiger partial charge on any atom is -0.349 e. The third-order valence-corrected chi connectivity index (χ3v) is 14.8. The van der Waals surface area contributed by atoms with E-state index in [2.05, 4.69) is 73.4 Å². The molecule has 13 N–H and O–H groups in total. The first-order valence-corrected chi connectivity index (χ1v) is 28.8. The molecule has 34 heteroatoms. The van der Waals surface area contributed by atoms with Gasteiger partial charge >= 0.3 is 0 Å². The van der Waals surface area contributed by atoms with Gasteiger partial charge in [-0.15, -0.1) is 0 Å². The number of aryl methyl sites for hydroxylation is 8. The Hall–Kier alpha value is -12.6. The maximum atomic E-state index is 13.8. The van der Waals surface area contributed by atoms with Crippen molar-refractivity contribution in [1.82, 2.24) is 67.4 Å². The third-order valence-electron chi connectivity index (χ3n) is 14.8. The molecule has 0 fully saturated rings. The quantitative estimate of drug-likeness (QED) is 0.118. The molecule has 0 radical (unpaired) electrons. The second kappa shape index (κ2) is 26.8. The number of nitrogens with one attached hydrogen (secondary N) is 11. The first-order valence-electron chi connectivity index (χ1n) is 28.8. The van der Waals surface area contributed by atoms with Crippen molar-refractivity contribution >= 4 is 111 Å². The fourth-order valence-electron chi connectivity index (χ4n) is 10.2. The number of aromatic nitrogens is 11. The van der Waals surface area contributed by atoms with Gasteiger partial charge in [0.15, 0.2) is 17.5 Å². The summed E-state index contributed by atoms with van der Waals surface area (Å²) in [5.41, 5.74) is 8.35. The van der Waals surface area contributed by atoms with E-state index in [1.807, 2.05) is 0 Å². The molecule has 9 aromatic rings. The summed E-state index contributed by atoms with van der Waals surface area (Å²) < 4.78 is 11.5. The van der Waals surface area contributed by atoms with Crippen molar-refractivity contribution in [1.29, 1.82) is 0 Å². The van der Waals surface area contributed by atoms with E-state index in [9.17, 15) is 52.7 Å². The zero-order valence-corrected chi connectivity index (χ0v) is 51.9. The molecule has 486 valence electrons. The molecule has 11 amide bonds. The van der Waals surface area contributed by atoms with Gasteiger partial charge < -0.3 is 101 Å². The highest BCUT2D eigenvalue weighted by molar-refractivity contribution is 6.10. The van der Waals surface area contributed by atoms with Crippen molar-refractivity contribution in [3.63, 3.8) is 0 Å². The van der Waals surface area contributed by atoms with Gasteiger partial charge in [-0.25, -0.2) is 15.0 Å². The van der Waals surface area contributed by atoms with Crippen molar-refractivity contribution in [3.05, 3.63) is 162 Å². The van der Waals surface area contributed by atoms with Crippen LogP contribution < -0.4 is 64.2 Å². The van der Waals surface area contributed by atoms with Crippen molar-refractivity contribution in [2.24, 2.45) is 62.1 Å². The zero-order valence-electron chi connectivity index (χ0n) is 51.9. The van der Waals surface area contributed by atoms with E-state index in [-0.39, 0.29) is 123 Å². The Labute approximate surface area is 533 Å². The van der Waals surface area contributed by atoms with E-state index >= 15 is 0 Å². The predicted octanol–water partition coefficient (Wildman–Crippen LogP) is 2.05. The molecule has 10 rings (SSSR count). The second-order valence-electron chi connectivity index (χ2n) is 22.3. The van der Waals surface area contributed by atoms with E-state index in [1.54, 1.807) is 65.6 Å². The van der Waals surface area contributed by atoms with Crippen LogP contribution in [0.2, 0.25) is 0 Å². The SMILES string of the molecule is Cn1cc2cc1C(=O)NC[C@H](N)CC(=O)Nc1cn(C)c(n1)C(=O)Nc1cc(n(C)c1)C(=O)Nc1cc(n(C)c1)C(=O)Nc1cc(n(C)c1)C(=O)NC[C@H](NC(=O)c1ccccc1)CC(=O)Nc1cn(C)c(n1)C(=O)Nc1cn(C)c(n1)C(=O)Nc1cc(n(C)c1)C(=O)N2. The highest BCUT2D eigenvalue weighted by Gasteiger charge is 2.27. The van der Waals surface area contributed by atoms with Gasteiger partial charge in [0.25, 0.3) is 53.2 Å². The minimum absolute atomic E-state index is 0.0311. The molecule has 0 saturated carbocycles. The summed E-state index contributed by atoms with van der Waals surface area (Å²) >= 11 is 0. The number of carbonyl (C=O) groups is 11. The number of hydrogen-bond acceptors (Lipinski definition) is 15. The van der Waals surface area contributed by atoms with Crippen LogP contribution in [0.1, 0.15) is 107 Å². The molecule has 94 heavy (non-hydrogen) atoms. The molecule has 16 bridgehead atoms.